The molecule has 106 valence electrons. The fraction of sp³-hybridized carbons (Fsp3) is 0.167. The van der Waals surface area contributed by atoms with Gasteiger partial charge in [-0.3, -0.25) is 0 Å². The second-order valence-corrected chi connectivity index (χ2v) is 5.14. The Bertz CT molecular complexity index is 784. The van der Waals surface area contributed by atoms with Crippen molar-refractivity contribution in [1.29, 1.82) is 0 Å². The smallest absolute Gasteiger partial charge is 0.217 e. The maximum Gasteiger partial charge on any atom is 0.217 e. The molecule has 0 aliphatic heterocycles. The highest BCUT2D eigenvalue weighted by Gasteiger charge is 2.11. The van der Waals surface area contributed by atoms with Crippen LogP contribution in [-0.2, 0) is 6.42 Å². The molecule has 3 heteroatoms. The van der Waals surface area contributed by atoms with Crippen molar-refractivity contribution < 1.29 is 9.13 Å². The molecule has 0 unspecified atom stereocenters. The van der Waals surface area contributed by atoms with Gasteiger partial charge in [-0.1, -0.05) is 30.3 Å². The van der Waals surface area contributed by atoms with E-state index < -0.39 is 0 Å². The van der Waals surface area contributed by atoms with Crippen LogP contribution in [0.15, 0.2) is 48.5 Å². The number of halogens is 1. The average molecular weight is 281 g/mol. The number of aryl methyl sites for hydroxylation is 1. The molecule has 21 heavy (non-hydrogen) atoms. The van der Waals surface area contributed by atoms with E-state index in [1.165, 1.54) is 11.6 Å². The van der Waals surface area contributed by atoms with Crippen LogP contribution < -0.4 is 4.74 Å². The van der Waals surface area contributed by atoms with Crippen LogP contribution in [0, 0.1) is 12.7 Å². The molecule has 0 saturated heterocycles. The third-order valence-electron chi connectivity index (χ3n) is 3.49. The summed E-state index contributed by atoms with van der Waals surface area (Å²) in [5.74, 6) is 0.170. The molecule has 3 rings (SSSR count). The molecule has 0 radical (unpaired) electrons. The number of pyridine rings is 1. The fourth-order valence-electron chi connectivity index (χ4n) is 2.53. The van der Waals surface area contributed by atoms with Crippen molar-refractivity contribution in [2.45, 2.75) is 13.3 Å². The van der Waals surface area contributed by atoms with E-state index in [1.807, 2.05) is 37.3 Å². The molecule has 0 N–H and O–H groups in total. The molecular formula is C18H16FNO. The van der Waals surface area contributed by atoms with Crippen LogP contribution in [-0.4, -0.2) is 12.1 Å². The zero-order valence-electron chi connectivity index (χ0n) is 12.1. The Labute approximate surface area is 123 Å². The lowest BCUT2D eigenvalue weighted by Gasteiger charge is -2.10. The normalized spacial score (nSPS) is 10.8. The first kappa shape index (κ1) is 13.6. The second-order valence-electron chi connectivity index (χ2n) is 5.14. The molecule has 1 aromatic heterocycles. The predicted molar refractivity (Wildman–Crippen MR) is 82.2 cm³/mol. The van der Waals surface area contributed by atoms with Crippen LogP contribution in [0.3, 0.4) is 0 Å². The van der Waals surface area contributed by atoms with Gasteiger partial charge >= 0.3 is 0 Å². The molecule has 0 fully saturated rings. The van der Waals surface area contributed by atoms with Crippen molar-refractivity contribution >= 4 is 10.9 Å². The number of fused-ring (bicyclic) bond motifs is 1. The first-order valence-corrected chi connectivity index (χ1v) is 6.85. The Morgan fingerprint density at radius 3 is 2.57 bits per heavy atom. The molecule has 0 amide bonds. The van der Waals surface area contributed by atoms with Crippen molar-refractivity contribution in [1.82, 2.24) is 4.98 Å². The lowest BCUT2D eigenvalue weighted by atomic mass is 10.0. The quantitative estimate of drug-likeness (QED) is 0.714. The highest BCUT2D eigenvalue weighted by Crippen LogP contribution is 2.27. The number of hydrogen-bond donors (Lipinski definition) is 0. The number of hydrogen-bond acceptors (Lipinski definition) is 2. The van der Waals surface area contributed by atoms with Crippen molar-refractivity contribution in [3.8, 4) is 5.88 Å². The van der Waals surface area contributed by atoms with Crippen LogP contribution >= 0.6 is 0 Å². The van der Waals surface area contributed by atoms with Gasteiger partial charge in [-0.15, -0.1) is 0 Å². The minimum absolute atomic E-state index is 0.311. The summed E-state index contributed by atoms with van der Waals surface area (Å²) in [4.78, 5) is 4.33. The Balaban J connectivity index is 2.13. The van der Waals surface area contributed by atoms with E-state index >= 15 is 0 Å². The van der Waals surface area contributed by atoms with Gasteiger partial charge in [-0.2, -0.15) is 0 Å². The first-order valence-electron chi connectivity index (χ1n) is 6.85. The topological polar surface area (TPSA) is 22.1 Å². The summed E-state index contributed by atoms with van der Waals surface area (Å²) < 4.78 is 19.3. The van der Waals surface area contributed by atoms with Crippen molar-refractivity contribution in [2.75, 3.05) is 7.11 Å². The van der Waals surface area contributed by atoms with Crippen LogP contribution in [0.5, 0.6) is 5.88 Å². The zero-order valence-corrected chi connectivity index (χ0v) is 12.1. The van der Waals surface area contributed by atoms with E-state index in [2.05, 4.69) is 17.1 Å². The van der Waals surface area contributed by atoms with E-state index in [0.29, 0.717) is 17.8 Å². The molecule has 0 atom stereocenters. The number of benzene rings is 2. The third kappa shape index (κ3) is 2.72. The summed E-state index contributed by atoms with van der Waals surface area (Å²) in [5.41, 5.74) is 3.37. The number of rotatable bonds is 3. The Morgan fingerprint density at radius 1 is 1.10 bits per heavy atom. The Morgan fingerprint density at radius 2 is 1.86 bits per heavy atom. The van der Waals surface area contributed by atoms with Gasteiger partial charge in [0, 0.05) is 17.4 Å². The fourth-order valence-corrected chi connectivity index (χ4v) is 2.53. The van der Waals surface area contributed by atoms with Crippen LogP contribution in [0.4, 0.5) is 4.39 Å². The van der Waals surface area contributed by atoms with Crippen LogP contribution in [0.1, 0.15) is 16.7 Å². The van der Waals surface area contributed by atoms with Gasteiger partial charge in [0.15, 0.2) is 0 Å². The molecule has 3 aromatic rings. The molecule has 0 bridgehead atoms. The van der Waals surface area contributed by atoms with E-state index in [4.69, 9.17) is 4.74 Å². The van der Waals surface area contributed by atoms with Crippen LogP contribution in [0.25, 0.3) is 10.9 Å². The molecule has 2 aromatic carbocycles. The average Bonchev–Trinajstić information content (AvgIpc) is 2.47. The minimum Gasteiger partial charge on any atom is -0.481 e. The van der Waals surface area contributed by atoms with E-state index in [0.717, 1.165) is 16.5 Å². The van der Waals surface area contributed by atoms with E-state index in [-0.39, 0.29) is 5.82 Å². The van der Waals surface area contributed by atoms with Gasteiger partial charge < -0.3 is 4.74 Å². The highest BCUT2D eigenvalue weighted by molar-refractivity contribution is 5.81. The van der Waals surface area contributed by atoms with E-state index in [9.17, 15) is 4.39 Å². The second kappa shape index (κ2) is 5.52. The summed E-state index contributed by atoms with van der Waals surface area (Å²) in [5, 5.41) is 0.805. The lowest BCUT2D eigenvalue weighted by molar-refractivity contribution is 0.394. The SMILES string of the molecule is COc1nc2c(F)cc(C)cc2cc1Cc1ccccc1. The van der Waals surface area contributed by atoms with Crippen molar-refractivity contribution in [3.05, 3.63) is 71.0 Å². The van der Waals surface area contributed by atoms with Gasteiger partial charge in [-0.05, 0) is 36.2 Å². The van der Waals surface area contributed by atoms with Gasteiger partial charge in [0.1, 0.15) is 11.3 Å². The largest absolute Gasteiger partial charge is 0.481 e. The van der Waals surface area contributed by atoms with Crippen molar-refractivity contribution in [2.24, 2.45) is 0 Å². The molecule has 1 heterocycles. The lowest BCUT2D eigenvalue weighted by Crippen LogP contribution is -1.99. The van der Waals surface area contributed by atoms with Gasteiger partial charge in [-0.25, -0.2) is 9.37 Å². The van der Waals surface area contributed by atoms with Gasteiger partial charge in [0.2, 0.25) is 5.88 Å². The summed E-state index contributed by atoms with van der Waals surface area (Å²) in [6.07, 6.45) is 0.711. The number of methoxy groups -OCH3 is 1. The summed E-state index contributed by atoms with van der Waals surface area (Å²) in [6.45, 7) is 1.88. The van der Waals surface area contributed by atoms with Crippen LogP contribution in [0.2, 0.25) is 0 Å². The molecule has 0 aliphatic rings. The number of nitrogens with zero attached hydrogens (tertiary/aromatic N) is 1. The maximum absolute atomic E-state index is 14.0. The minimum atomic E-state index is -0.311. The van der Waals surface area contributed by atoms with Gasteiger partial charge in [0.05, 0.1) is 7.11 Å². The summed E-state index contributed by atoms with van der Waals surface area (Å²) in [7, 11) is 1.56. The van der Waals surface area contributed by atoms with Gasteiger partial charge in [0.25, 0.3) is 0 Å². The molecule has 0 saturated carbocycles. The summed E-state index contributed by atoms with van der Waals surface area (Å²) in [6, 6.07) is 15.5. The Kier molecular flexibility index (Phi) is 3.57. The molecule has 0 aliphatic carbocycles. The maximum atomic E-state index is 14.0. The highest BCUT2D eigenvalue weighted by atomic mass is 19.1. The molecule has 0 spiro atoms. The standard InChI is InChI=1S/C18H16FNO/c1-12-8-14-11-15(10-13-6-4-3-5-7-13)18(21-2)20-17(14)16(19)9-12/h3-9,11H,10H2,1-2H3. The molecular weight excluding hydrogens is 265 g/mol. The Hall–Kier alpha value is -2.42. The zero-order chi connectivity index (χ0) is 14.8. The van der Waals surface area contributed by atoms with Crippen molar-refractivity contribution in [3.63, 3.8) is 0 Å². The van der Waals surface area contributed by atoms with E-state index in [1.54, 1.807) is 7.11 Å². The molecule has 2 nitrogen and oxygen atoms in total. The predicted octanol–water partition coefficient (Wildman–Crippen LogP) is 4.28. The monoisotopic (exact) mass is 281 g/mol. The number of aromatic nitrogens is 1. The first-order chi connectivity index (χ1) is 10.2. The summed E-state index contributed by atoms with van der Waals surface area (Å²) >= 11 is 0. The number of ether oxygens (including phenoxy) is 1. The third-order valence-corrected chi connectivity index (χ3v) is 3.49.